The predicted octanol–water partition coefficient (Wildman–Crippen LogP) is 1.80. The van der Waals surface area contributed by atoms with E-state index in [2.05, 4.69) is 4.98 Å². The molecule has 1 aromatic heterocycles. The van der Waals surface area contributed by atoms with Crippen molar-refractivity contribution in [2.75, 3.05) is 0 Å². The van der Waals surface area contributed by atoms with Crippen LogP contribution in [0.2, 0.25) is 0 Å². The van der Waals surface area contributed by atoms with Gasteiger partial charge in [-0.3, -0.25) is 0 Å². The highest BCUT2D eigenvalue weighted by Gasteiger charge is 2.01. The monoisotopic (exact) mass is 175 g/mol. The normalized spacial score (nSPS) is 10.6. The lowest BCUT2D eigenvalue weighted by Crippen LogP contribution is -2.05. The van der Waals surface area contributed by atoms with Gasteiger partial charge in [0.2, 0.25) is 0 Å². The second-order valence-electron chi connectivity index (χ2n) is 3.06. The van der Waals surface area contributed by atoms with E-state index >= 15 is 0 Å². The van der Waals surface area contributed by atoms with Gasteiger partial charge in [-0.05, 0) is 31.5 Å². The third-order valence-corrected chi connectivity index (χ3v) is 1.90. The molecule has 3 heteroatoms. The molecule has 66 valence electrons. The summed E-state index contributed by atoms with van der Waals surface area (Å²) in [5.74, 6) is 0. The number of aromatic nitrogens is 1. The van der Waals surface area contributed by atoms with Crippen LogP contribution < -0.4 is 5.63 Å². The summed E-state index contributed by atoms with van der Waals surface area (Å²) in [7, 11) is 0. The van der Waals surface area contributed by atoms with Crippen molar-refractivity contribution >= 4 is 11.1 Å². The van der Waals surface area contributed by atoms with Crippen LogP contribution in [0, 0.1) is 13.8 Å². The topological polar surface area (TPSA) is 43.1 Å². The van der Waals surface area contributed by atoms with Gasteiger partial charge in [-0.1, -0.05) is 6.07 Å². The Hall–Kier alpha value is -1.64. The van der Waals surface area contributed by atoms with Crippen molar-refractivity contribution in [3.05, 3.63) is 39.9 Å². The van der Waals surface area contributed by atoms with Crippen LogP contribution in [0.15, 0.2) is 27.4 Å². The van der Waals surface area contributed by atoms with E-state index in [0.29, 0.717) is 11.3 Å². The molecule has 0 radical (unpaired) electrons. The van der Waals surface area contributed by atoms with E-state index < -0.39 is 0 Å². The highest BCUT2D eigenvalue weighted by molar-refractivity contribution is 5.72. The second-order valence-corrected chi connectivity index (χ2v) is 3.06. The molecular weight excluding hydrogens is 166 g/mol. The summed E-state index contributed by atoms with van der Waals surface area (Å²) < 4.78 is 5.03. The fourth-order valence-electron chi connectivity index (χ4n) is 1.20. The fraction of sp³-hybridized carbons (Fsp3) is 0.200. The minimum absolute atomic E-state index is 0.364. The SMILES string of the molecule is Cc1ccc2oc(=O)c(C)nc2c1. The number of hydrogen-bond donors (Lipinski definition) is 0. The van der Waals surface area contributed by atoms with E-state index in [1.807, 2.05) is 19.1 Å². The number of hydrogen-bond acceptors (Lipinski definition) is 3. The Balaban J connectivity index is 2.89. The third-order valence-electron chi connectivity index (χ3n) is 1.90. The van der Waals surface area contributed by atoms with E-state index in [9.17, 15) is 4.79 Å². The average molecular weight is 175 g/mol. The summed E-state index contributed by atoms with van der Waals surface area (Å²) in [6, 6.07) is 5.55. The van der Waals surface area contributed by atoms with Crippen molar-refractivity contribution in [3.8, 4) is 0 Å². The van der Waals surface area contributed by atoms with Crippen LogP contribution in [-0.2, 0) is 0 Å². The molecule has 0 aliphatic rings. The Morgan fingerprint density at radius 1 is 1.31 bits per heavy atom. The maximum atomic E-state index is 11.1. The predicted molar refractivity (Wildman–Crippen MR) is 49.8 cm³/mol. The van der Waals surface area contributed by atoms with Crippen LogP contribution in [0.4, 0.5) is 0 Å². The number of rotatable bonds is 0. The van der Waals surface area contributed by atoms with Crippen molar-refractivity contribution in [2.24, 2.45) is 0 Å². The molecule has 0 saturated heterocycles. The molecule has 0 atom stereocenters. The number of benzene rings is 1. The van der Waals surface area contributed by atoms with Gasteiger partial charge < -0.3 is 4.42 Å². The zero-order chi connectivity index (χ0) is 9.42. The summed E-state index contributed by atoms with van der Waals surface area (Å²) >= 11 is 0. The van der Waals surface area contributed by atoms with E-state index in [1.165, 1.54) is 0 Å². The molecule has 0 spiro atoms. The Morgan fingerprint density at radius 2 is 2.08 bits per heavy atom. The molecule has 0 amide bonds. The molecule has 0 N–H and O–H groups in total. The van der Waals surface area contributed by atoms with Gasteiger partial charge in [-0.2, -0.15) is 0 Å². The average Bonchev–Trinajstić information content (AvgIpc) is 2.08. The van der Waals surface area contributed by atoms with Crippen LogP contribution in [0.5, 0.6) is 0 Å². The van der Waals surface area contributed by atoms with Crippen LogP contribution in [0.1, 0.15) is 11.3 Å². The largest absolute Gasteiger partial charge is 0.420 e. The number of aryl methyl sites for hydroxylation is 2. The van der Waals surface area contributed by atoms with Gasteiger partial charge in [0.15, 0.2) is 5.58 Å². The molecule has 2 rings (SSSR count). The van der Waals surface area contributed by atoms with Crippen LogP contribution >= 0.6 is 0 Å². The fourth-order valence-corrected chi connectivity index (χ4v) is 1.20. The minimum Gasteiger partial charge on any atom is -0.420 e. The Morgan fingerprint density at radius 3 is 2.85 bits per heavy atom. The molecule has 1 heterocycles. The number of fused-ring (bicyclic) bond motifs is 1. The van der Waals surface area contributed by atoms with Crippen LogP contribution in [0.3, 0.4) is 0 Å². The summed E-state index contributed by atoms with van der Waals surface area (Å²) in [5.41, 5.74) is 2.42. The van der Waals surface area contributed by atoms with Gasteiger partial charge >= 0.3 is 5.63 Å². The van der Waals surface area contributed by atoms with Gasteiger partial charge in [-0.25, -0.2) is 9.78 Å². The van der Waals surface area contributed by atoms with Crippen molar-refractivity contribution in [1.82, 2.24) is 4.98 Å². The summed E-state index contributed by atoms with van der Waals surface area (Å²) in [4.78, 5) is 15.2. The molecule has 0 saturated carbocycles. The standard InChI is InChI=1S/C10H9NO2/c1-6-3-4-9-8(5-6)11-7(2)10(12)13-9/h3-5H,1-2H3. The van der Waals surface area contributed by atoms with E-state index in [1.54, 1.807) is 13.0 Å². The highest BCUT2D eigenvalue weighted by Crippen LogP contribution is 2.11. The molecule has 0 bridgehead atoms. The molecule has 13 heavy (non-hydrogen) atoms. The molecule has 3 nitrogen and oxygen atoms in total. The Labute approximate surface area is 75.0 Å². The van der Waals surface area contributed by atoms with Gasteiger partial charge in [0.25, 0.3) is 0 Å². The lowest BCUT2D eigenvalue weighted by molar-refractivity contribution is 0.547. The molecule has 1 aromatic carbocycles. The summed E-state index contributed by atoms with van der Waals surface area (Å²) in [6.07, 6.45) is 0. The molecule has 0 aliphatic heterocycles. The smallest absolute Gasteiger partial charge is 0.357 e. The van der Waals surface area contributed by atoms with Crippen molar-refractivity contribution in [1.29, 1.82) is 0 Å². The summed E-state index contributed by atoms with van der Waals surface area (Å²) in [6.45, 7) is 3.62. The lowest BCUT2D eigenvalue weighted by Gasteiger charge is -1.97. The maximum absolute atomic E-state index is 11.1. The quantitative estimate of drug-likeness (QED) is 0.613. The maximum Gasteiger partial charge on any atom is 0.357 e. The van der Waals surface area contributed by atoms with Gasteiger partial charge in [-0.15, -0.1) is 0 Å². The lowest BCUT2D eigenvalue weighted by atomic mass is 10.2. The van der Waals surface area contributed by atoms with Crippen molar-refractivity contribution < 1.29 is 4.42 Å². The first kappa shape index (κ1) is 7.98. The summed E-state index contributed by atoms with van der Waals surface area (Å²) in [5, 5.41) is 0. The molecule has 0 unspecified atom stereocenters. The zero-order valence-corrected chi connectivity index (χ0v) is 7.50. The van der Waals surface area contributed by atoms with Gasteiger partial charge in [0.1, 0.15) is 11.2 Å². The van der Waals surface area contributed by atoms with Gasteiger partial charge in [0.05, 0.1) is 0 Å². The van der Waals surface area contributed by atoms with Crippen LogP contribution in [-0.4, -0.2) is 4.98 Å². The van der Waals surface area contributed by atoms with Crippen molar-refractivity contribution in [3.63, 3.8) is 0 Å². The Bertz CT molecular complexity index is 514. The first-order chi connectivity index (χ1) is 6.16. The first-order valence-electron chi connectivity index (χ1n) is 4.05. The van der Waals surface area contributed by atoms with Gasteiger partial charge in [0, 0.05) is 0 Å². The third kappa shape index (κ3) is 1.33. The second kappa shape index (κ2) is 2.69. The van der Waals surface area contributed by atoms with Crippen LogP contribution in [0.25, 0.3) is 11.1 Å². The number of nitrogens with zero attached hydrogens (tertiary/aromatic N) is 1. The molecule has 2 aromatic rings. The first-order valence-corrected chi connectivity index (χ1v) is 4.05. The zero-order valence-electron chi connectivity index (χ0n) is 7.50. The van der Waals surface area contributed by atoms with E-state index in [0.717, 1.165) is 11.1 Å². The minimum atomic E-state index is -0.364. The van der Waals surface area contributed by atoms with Crippen molar-refractivity contribution in [2.45, 2.75) is 13.8 Å². The van der Waals surface area contributed by atoms with E-state index in [4.69, 9.17) is 4.42 Å². The molecule has 0 fully saturated rings. The highest BCUT2D eigenvalue weighted by atomic mass is 16.4. The molecular formula is C10H9NO2. The Kier molecular flexibility index (Phi) is 1.65. The van der Waals surface area contributed by atoms with E-state index in [-0.39, 0.29) is 5.63 Å². The molecule has 0 aliphatic carbocycles.